The quantitative estimate of drug-likeness (QED) is 0.181. The van der Waals surface area contributed by atoms with Gasteiger partial charge in [-0.3, -0.25) is 0 Å². The van der Waals surface area contributed by atoms with Crippen molar-refractivity contribution in [2.75, 3.05) is 4.90 Å². The van der Waals surface area contributed by atoms with Gasteiger partial charge in [-0.05, 0) is 89.6 Å². The zero-order valence-electron chi connectivity index (χ0n) is 26.9. The number of thiophene rings is 2. The highest BCUT2D eigenvalue weighted by atomic mass is 32.1. The van der Waals surface area contributed by atoms with Gasteiger partial charge < -0.3 is 9.47 Å². The Bertz CT molecular complexity index is 3110. The zero-order valence-corrected chi connectivity index (χ0v) is 28.5. The number of para-hydroxylation sites is 3. The molecule has 11 aromatic rings. The molecule has 0 saturated carbocycles. The minimum Gasteiger partial charge on any atom is -0.308 e. The minimum absolute atomic E-state index is 1.13. The predicted molar refractivity (Wildman–Crippen MR) is 219 cm³/mol. The monoisotopic (exact) mass is 672 g/mol. The zero-order chi connectivity index (χ0) is 32.8. The Morgan fingerprint density at radius 1 is 0.380 bits per heavy atom. The maximum absolute atomic E-state index is 2.47. The van der Waals surface area contributed by atoms with Crippen LogP contribution in [0.5, 0.6) is 0 Å². The fourth-order valence-electron chi connectivity index (χ4n) is 7.90. The Morgan fingerprint density at radius 2 is 1.00 bits per heavy atom. The van der Waals surface area contributed by atoms with Crippen molar-refractivity contribution in [3.8, 4) is 5.69 Å². The number of nitrogens with zero attached hydrogens (tertiary/aromatic N) is 2. The maximum atomic E-state index is 2.47. The molecule has 0 amide bonds. The summed E-state index contributed by atoms with van der Waals surface area (Å²) < 4.78 is 7.71. The van der Waals surface area contributed by atoms with E-state index in [1.165, 1.54) is 72.9 Å². The molecule has 0 saturated heterocycles. The van der Waals surface area contributed by atoms with Gasteiger partial charge in [-0.1, -0.05) is 91.0 Å². The summed E-state index contributed by atoms with van der Waals surface area (Å²) in [6.45, 7) is 0. The van der Waals surface area contributed by atoms with E-state index in [2.05, 4.69) is 179 Å². The lowest BCUT2D eigenvalue weighted by Gasteiger charge is -2.27. The van der Waals surface area contributed by atoms with Gasteiger partial charge in [0.2, 0.25) is 0 Å². The van der Waals surface area contributed by atoms with Crippen molar-refractivity contribution in [2.24, 2.45) is 0 Å². The molecule has 4 heteroatoms. The molecule has 8 aromatic carbocycles. The molecule has 50 heavy (non-hydrogen) atoms. The van der Waals surface area contributed by atoms with E-state index in [0.29, 0.717) is 0 Å². The van der Waals surface area contributed by atoms with Crippen LogP contribution in [0.1, 0.15) is 0 Å². The molecule has 0 unspecified atom stereocenters. The van der Waals surface area contributed by atoms with Crippen molar-refractivity contribution < 1.29 is 0 Å². The van der Waals surface area contributed by atoms with Crippen LogP contribution in [0.25, 0.3) is 78.6 Å². The molecule has 2 nitrogen and oxygen atoms in total. The van der Waals surface area contributed by atoms with E-state index in [4.69, 9.17) is 0 Å². The number of anilines is 3. The molecule has 0 aliphatic rings. The van der Waals surface area contributed by atoms with Gasteiger partial charge in [-0.15, -0.1) is 22.7 Å². The lowest BCUT2D eigenvalue weighted by Crippen LogP contribution is -2.11. The second-order valence-corrected chi connectivity index (χ2v) is 15.1. The molecule has 0 spiro atoms. The molecule has 0 aliphatic heterocycles. The summed E-state index contributed by atoms with van der Waals surface area (Å²) in [6.07, 6.45) is 0. The molecule has 0 atom stereocenters. The first-order chi connectivity index (χ1) is 24.8. The van der Waals surface area contributed by atoms with Crippen LogP contribution in [-0.4, -0.2) is 4.57 Å². The van der Waals surface area contributed by atoms with Crippen LogP contribution in [0.15, 0.2) is 170 Å². The molecule has 0 fully saturated rings. The number of fused-ring (bicyclic) bond motifs is 10. The van der Waals surface area contributed by atoms with Crippen molar-refractivity contribution >= 4 is 113 Å². The van der Waals surface area contributed by atoms with Crippen molar-refractivity contribution in [3.05, 3.63) is 170 Å². The number of rotatable bonds is 4. The summed E-state index contributed by atoms with van der Waals surface area (Å²) in [5.41, 5.74) is 6.95. The van der Waals surface area contributed by atoms with Crippen molar-refractivity contribution in [2.45, 2.75) is 0 Å². The molecule has 3 aromatic heterocycles. The first-order valence-electron chi connectivity index (χ1n) is 16.9. The molecule has 0 aliphatic carbocycles. The Balaban J connectivity index is 1.23. The van der Waals surface area contributed by atoms with E-state index in [-0.39, 0.29) is 0 Å². The summed E-state index contributed by atoms with van der Waals surface area (Å²) in [5, 5.41) is 10.2. The van der Waals surface area contributed by atoms with Crippen LogP contribution in [0.3, 0.4) is 0 Å². The Kier molecular flexibility index (Phi) is 6.03. The summed E-state index contributed by atoms with van der Waals surface area (Å²) in [4.78, 5) is 2.47. The average Bonchev–Trinajstić information content (AvgIpc) is 3.84. The number of aromatic nitrogens is 1. The van der Waals surface area contributed by atoms with Gasteiger partial charge >= 0.3 is 0 Å². The van der Waals surface area contributed by atoms with E-state index in [1.807, 2.05) is 22.7 Å². The van der Waals surface area contributed by atoms with Crippen molar-refractivity contribution in [1.29, 1.82) is 0 Å². The maximum Gasteiger partial charge on any atom is 0.0782 e. The second kappa shape index (κ2) is 10.8. The normalized spacial score (nSPS) is 12.0. The van der Waals surface area contributed by atoms with Crippen LogP contribution in [0.4, 0.5) is 17.1 Å². The van der Waals surface area contributed by atoms with Gasteiger partial charge in [0.1, 0.15) is 0 Å². The Labute approximate surface area is 296 Å². The second-order valence-electron chi connectivity index (χ2n) is 13.0. The molecular weight excluding hydrogens is 645 g/mol. The smallest absolute Gasteiger partial charge is 0.0782 e. The van der Waals surface area contributed by atoms with Gasteiger partial charge in [0.15, 0.2) is 0 Å². The first-order valence-corrected chi connectivity index (χ1v) is 18.6. The topological polar surface area (TPSA) is 8.17 Å². The van der Waals surface area contributed by atoms with Gasteiger partial charge in [0, 0.05) is 68.2 Å². The third-order valence-electron chi connectivity index (χ3n) is 10.1. The van der Waals surface area contributed by atoms with E-state index in [0.717, 1.165) is 22.7 Å². The standard InChI is InChI=1S/C46H28N2S2/c1-2-11-31(12-3-1)48-40-17-7-4-13-34(40)37-16-10-18-41(46(37)48)47(33-23-24-44-39(28-33)36-15-6-8-19-42(36)49-44)32-22-21-29-26-38-35-14-5-9-20-43(35)50-45(38)27-30(29)25-32/h1-28H. The molecule has 0 radical (unpaired) electrons. The SMILES string of the molecule is c1ccc(-n2c3ccccc3c3cccc(N(c4ccc5cc6c(cc5c4)sc4ccccc46)c4ccc5sc6ccccc6c5c4)c32)cc1. The summed E-state index contributed by atoms with van der Waals surface area (Å²) in [7, 11) is 0. The van der Waals surface area contributed by atoms with E-state index < -0.39 is 0 Å². The van der Waals surface area contributed by atoms with Gasteiger partial charge in [0.25, 0.3) is 0 Å². The molecule has 11 rings (SSSR count). The third-order valence-corrected chi connectivity index (χ3v) is 12.4. The summed E-state index contributed by atoms with van der Waals surface area (Å²) in [5.74, 6) is 0. The van der Waals surface area contributed by atoms with E-state index in [1.54, 1.807) is 0 Å². The largest absolute Gasteiger partial charge is 0.308 e. The van der Waals surface area contributed by atoms with Gasteiger partial charge in [-0.25, -0.2) is 0 Å². The Morgan fingerprint density at radius 3 is 1.82 bits per heavy atom. The fraction of sp³-hybridized carbons (Fsp3) is 0. The molecule has 3 heterocycles. The lowest BCUT2D eigenvalue weighted by molar-refractivity contribution is 1.17. The first kappa shape index (κ1) is 28.0. The van der Waals surface area contributed by atoms with Gasteiger partial charge in [0.05, 0.1) is 16.7 Å². The van der Waals surface area contributed by atoms with Crippen molar-refractivity contribution in [3.63, 3.8) is 0 Å². The number of hydrogen-bond donors (Lipinski definition) is 0. The van der Waals surface area contributed by atoms with E-state index >= 15 is 0 Å². The average molecular weight is 673 g/mol. The number of benzene rings is 8. The predicted octanol–water partition coefficient (Wildman–Crippen LogP) is 14.1. The van der Waals surface area contributed by atoms with Crippen LogP contribution < -0.4 is 4.90 Å². The lowest BCUT2D eigenvalue weighted by atomic mass is 10.0. The third kappa shape index (κ3) is 4.13. The molecule has 0 N–H and O–H groups in total. The number of hydrogen-bond acceptors (Lipinski definition) is 3. The van der Waals surface area contributed by atoms with Crippen LogP contribution in [-0.2, 0) is 0 Å². The Hall–Kier alpha value is -5.94. The summed E-state index contributed by atoms with van der Waals surface area (Å²) in [6, 6.07) is 62.6. The molecule has 234 valence electrons. The van der Waals surface area contributed by atoms with Crippen molar-refractivity contribution in [1.82, 2.24) is 4.57 Å². The molecule has 0 bridgehead atoms. The minimum atomic E-state index is 1.13. The van der Waals surface area contributed by atoms with Crippen LogP contribution >= 0.6 is 22.7 Å². The van der Waals surface area contributed by atoms with E-state index in [9.17, 15) is 0 Å². The highest BCUT2D eigenvalue weighted by molar-refractivity contribution is 7.26. The fourth-order valence-corrected chi connectivity index (χ4v) is 10.1. The van der Waals surface area contributed by atoms with Gasteiger partial charge in [-0.2, -0.15) is 0 Å². The highest BCUT2D eigenvalue weighted by Crippen LogP contribution is 2.46. The van der Waals surface area contributed by atoms with Crippen LogP contribution in [0.2, 0.25) is 0 Å². The summed E-state index contributed by atoms with van der Waals surface area (Å²) >= 11 is 3.74. The van der Waals surface area contributed by atoms with Crippen LogP contribution in [0, 0.1) is 0 Å². The molecular formula is C46H28N2S2. The highest BCUT2D eigenvalue weighted by Gasteiger charge is 2.22.